The molecule has 0 bridgehead atoms. The van der Waals surface area contributed by atoms with Crippen LogP contribution in [-0.2, 0) is 16.4 Å². The Balaban J connectivity index is 1.43. The minimum Gasteiger partial charge on any atom is -0.508 e. The fraction of sp³-hybridized carbons (Fsp3) is 0.0909. The molecule has 32 heavy (non-hydrogen) atoms. The van der Waals surface area contributed by atoms with Gasteiger partial charge in [-0.1, -0.05) is 35.1 Å². The summed E-state index contributed by atoms with van der Waals surface area (Å²) in [7, 11) is -3.80. The molecule has 1 heterocycles. The van der Waals surface area contributed by atoms with E-state index in [9.17, 15) is 18.3 Å². The second-order valence-corrected chi connectivity index (χ2v) is 10.1. The zero-order valence-corrected chi connectivity index (χ0v) is 19.0. The minimum absolute atomic E-state index is 0.0786. The Hall–Kier alpha value is -3.14. The van der Waals surface area contributed by atoms with Crippen LogP contribution in [0.2, 0.25) is 5.02 Å². The summed E-state index contributed by atoms with van der Waals surface area (Å²) in [4.78, 5) is 16.9. The van der Waals surface area contributed by atoms with E-state index in [0.29, 0.717) is 33.8 Å². The molecule has 0 spiro atoms. The number of hydrogen-bond acceptors (Lipinski definition) is 6. The Morgan fingerprint density at radius 2 is 1.75 bits per heavy atom. The van der Waals surface area contributed by atoms with Crippen molar-refractivity contribution in [3.63, 3.8) is 0 Å². The third-order valence-electron chi connectivity index (χ3n) is 4.63. The number of carbonyl (C=O) groups excluding carboxylic acids is 1. The largest absolute Gasteiger partial charge is 0.508 e. The number of rotatable bonds is 7. The Kier molecular flexibility index (Phi) is 6.31. The van der Waals surface area contributed by atoms with Gasteiger partial charge in [0.25, 0.3) is 15.9 Å². The van der Waals surface area contributed by atoms with Gasteiger partial charge in [0, 0.05) is 17.1 Å². The lowest BCUT2D eigenvalue weighted by molar-refractivity contribution is 0.0954. The van der Waals surface area contributed by atoms with Crippen molar-refractivity contribution < 1.29 is 18.3 Å². The first kappa shape index (κ1) is 22.1. The fourth-order valence-corrected chi connectivity index (χ4v) is 5.25. The number of carbonyl (C=O) groups is 1. The predicted molar refractivity (Wildman–Crippen MR) is 126 cm³/mol. The van der Waals surface area contributed by atoms with Crippen LogP contribution >= 0.6 is 22.9 Å². The summed E-state index contributed by atoms with van der Waals surface area (Å²) in [5.74, 6) is -0.0344. The molecule has 0 aliphatic rings. The fourth-order valence-electron chi connectivity index (χ4n) is 2.98. The number of aromatic hydroxyl groups is 1. The van der Waals surface area contributed by atoms with Gasteiger partial charge in [-0.05, 0) is 66.6 Å². The van der Waals surface area contributed by atoms with Gasteiger partial charge in [0.2, 0.25) is 0 Å². The molecule has 1 amide bonds. The molecular weight excluding hydrogens is 470 g/mol. The van der Waals surface area contributed by atoms with E-state index in [1.54, 1.807) is 42.5 Å². The first-order chi connectivity index (χ1) is 15.3. The molecule has 1 aromatic heterocycles. The van der Waals surface area contributed by atoms with Crippen LogP contribution in [0.15, 0.2) is 71.6 Å². The third-order valence-corrected chi connectivity index (χ3v) is 7.30. The van der Waals surface area contributed by atoms with Gasteiger partial charge >= 0.3 is 0 Å². The number of benzene rings is 3. The van der Waals surface area contributed by atoms with Crippen LogP contribution in [0.3, 0.4) is 0 Å². The van der Waals surface area contributed by atoms with Crippen molar-refractivity contribution in [3.8, 4) is 5.75 Å². The smallest absolute Gasteiger partial charge is 0.263 e. The number of hydrogen-bond donors (Lipinski definition) is 3. The van der Waals surface area contributed by atoms with Gasteiger partial charge in [0.1, 0.15) is 5.75 Å². The molecule has 0 atom stereocenters. The number of nitrogens with one attached hydrogen (secondary N) is 2. The lowest BCUT2D eigenvalue weighted by Crippen LogP contribution is -2.25. The number of nitrogens with zero attached hydrogens (tertiary/aromatic N) is 1. The van der Waals surface area contributed by atoms with E-state index in [4.69, 9.17) is 11.6 Å². The quantitative estimate of drug-likeness (QED) is 0.357. The summed E-state index contributed by atoms with van der Waals surface area (Å²) in [6, 6.07) is 17.7. The number of amides is 1. The molecular formula is C22H18ClN3O4S2. The van der Waals surface area contributed by atoms with Crippen molar-refractivity contribution in [2.45, 2.75) is 11.3 Å². The lowest BCUT2D eigenvalue weighted by Gasteiger charge is -2.05. The minimum atomic E-state index is -3.80. The monoisotopic (exact) mass is 487 g/mol. The maximum atomic E-state index is 12.6. The average Bonchev–Trinajstić information content (AvgIpc) is 3.16. The summed E-state index contributed by atoms with van der Waals surface area (Å²) in [6.45, 7) is 0.441. The van der Waals surface area contributed by atoms with Crippen LogP contribution in [0, 0.1) is 0 Å². The van der Waals surface area contributed by atoms with Gasteiger partial charge in [0.15, 0.2) is 5.13 Å². The highest BCUT2D eigenvalue weighted by molar-refractivity contribution is 7.93. The van der Waals surface area contributed by atoms with E-state index < -0.39 is 10.0 Å². The molecule has 3 N–H and O–H groups in total. The second kappa shape index (κ2) is 9.15. The van der Waals surface area contributed by atoms with Crippen LogP contribution in [0.5, 0.6) is 5.75 Å². The first-order valence-electron chi connectivity index (χ1n) is 9.55. The number of phenolic OH excluding ortho intramolecular Hbond substituents is 1. The summed E-state index contributed by atoms with van der Waals surface area (Å²) in [5.41, 5.74) is 2.04. The van der Waals surface area contributed by atoms with E-state index in [1.807, 2.05) is 0 Å². The van der Waals surface area contributed by atoms with Gasteiger partial charge < -0.3 is 10.4 Å². The Labute approximate surface area is 193 Å². The summed E-state index contributed by atoms with van der Waals surface area (Å²) in [5, 5.41) is 12.8. The van der Waals surface area contributed by atoms with Crippen LogP contribution in [0.4, 0.5) is 5.13 Å². The Morgan fingerprint density at radius 3 is 2.47 bits per heavy atom. The highest BCUT2D eigenvalue weighted by atomic mass is 35.5. The normalized spacial score (nSPS) is 11.4. The van der Waals surface area contributed by atoms with Crippen molar-refractivity contribution in [2.24, 2.45) is 0 Å². The number of halogens is 1. The van der Waals surface area contributed by atoms with Gasteiger partial charge in [-0.25, -0.2) is 13.4 Å². The maximum Gasteiger partial charge on any atom is 0.263 e. The Morgan fingerprint density at radius 1 is 1.03 bits per heavy atom. The first-order valence-corrected chi connectivity index (χ1v) is 12.2. The van der Waals surface area contributed by atoms with Crippen molar-refractivity contribution in [3.05, 3.63) is 82.9 Å². The number of thiazole rings is 1. The van der Waals surface area contributed by atoms with E-state index in [1.165, 1.54) is 24.3 Å². The molecule has 0 unspecified atom stereocenters. The zero-order valence-electron chi connectivity index (χ0n) is 16.6. The van der Waals surface area contributed by atoms with Crippen LogP contribution in [-0.4, -0.2) is 31.0 Å². The van der Waals surface area contributed by atoms with Gasteiger partial charge in [0.05, 0.1) is 15.1 Å². The van der Waals surface area contributed by atoms with Crippen LogP contribution < -0.4 is 10.0 Å². The SMILES string of the molecule is O=C(NCCc1ccc(O)cc1)c1ccc2nc(NS(=O)(=O)c3ccc(Cl)cc3)sc2c1. The van der Waals surface area contributed by atoms with Crippen molar-refractivity contribution in [1.29, 1.82) is 0 Å². The van der Waals surface area contributed by atoms with E-state index in [2.05, 4.69) is 15.0 Å². The van der Waals surface area contributed by atoms with Gasteiger partial charge in [-0.2, -0.15) is 0 Å². The molecule has 0 radical (unpaired) electrons. The third kappa shape index (κ3) is 5.18. The number of phenols is 1. The molecule has 0 aliphatic carbocycles. The molecule has 4 rings (SSSR count). The molecule has 0 fully saturated rings. The van der Waals surface area contributed by atoms with Crippen LogP contribution in [0.1, 0.15) is 15.9 Å². The molecule has 3 aromatic carbocycles. The standard InChI is InChI=1S/C22H18ClN3O4S2/c23-16-4-8-18(9-5-16)32(29,30)26-22-25-19-10-3-15(13-20(19)31-22)21(28)24-12-11-14-1-6-17(27)7-2-14/h1-10,13,27H,11-12H2,(H,24,28)(H,25,26). The van der Waals surface area contributed by atoms with Gasteiger partial charge in [-0.15, -0.1) is 0 Å². The van der Waals surface area contributed by atoms with Crippen LogP contribution in [0.25, 0.3) is 10.2 Å². The molecule has 4 aromatic rings. The maximum absolute atomic E-state index is 12.6. The average molecular weight is 488 g/mol. The number of fused-ring (bicyclic) bond motifs is 1. The summed E-state index contributed by atoms with van der Waals surface area (Å²) in [6.07, 6.45) is 0.630. The molecule has 10 heteroatoms. The molecule has 0 saturated carbocycles. The Bertz CT molecular complexity index is 1370. The van der Waals surface area contributed by atoms with Crippen molar-refractivity contribution >= 4 is 54.2 Å². The molecule has 7 nitrogen and oxygen atoms in total. The van der Waals surface area contributed by atoms with E-state index >= 15 is 0 Å². The summed E-state index contributed by atoms with van der Waals surface area (Å²) < 4.78 is 28.3. The lowest BCUT2D eigenvalue weighted by atomic mass is 10.1. The second-order valence-electron chi connectivity index (χ2n) is 6.93. The number of aromatic nitrogens is 1. The highest BCUT2D eigenvalue weighted by Gasteiger charge is 2.17. The molecule has 0 aliphatic heterocycles. The molecule has 0 saturated heterocycles. The number of anilines is 1. The molecule has 164 valence electrons. The predicted octanol–water partition coefficient (Wildman–Crippen LogP) is 4.43. The topological polar surface area (TPSA) is 108 Å². The number of sulfonamides is 1. The van der Waals surface area contributed by atoms with E-state index in [0.717, 1.165) is 16.9 Å². The summed E-state index contributed by atoms with van der Waals surface area (Å²) >= 11 is 6.96. The highest BCUT2D eigenvalue weighted by Crippen LogP contribution is 2.29. The van der Waals surface area contributed by atoms with Crippen molar-refractivity contribution in [1.82, 2.24) is 10.3 Å². The van der Waals surface area contributed by atoms with Crippen molar-refractivity contribution in [2.75, 3.05) is 11.3 Å². The van der Waals surface area contributed by atoms with Gasteiger partial charge in [-0.3, -0.25) is 9.52 Å². The zero-order chi connectivity index (χ0) is 22.7. The van der Waals surface area contributed by atoms with E-state index in [-0.39, 0.29) is 21.7 Å².